The smallest absolute Gasteiger partial charge is 0.359 e. The van der Waals surface area contributed by atoms with Gasteiger partial charge in [0.25, 0.3) is 11.8 Å². The summed E-state index contributed by atoms with van der Waals surface area (Å²) in [5.41, 5.74) is 9.89. The van der Waals surface area contributed by atoms with Crippen molar-refractivity contribution in [3.8, 4) is 0 Å². The van der Waals surface area contributed by atoms with E-state index in [2.05, 4.69) is 20.5 Å². The zero-order valence-corrected chi connectivity index (χ0v) is 14.8. The van der Waals surface area contributed by atoms with E-state index in [1.807, 2.05) is 0 Å². The molecule has 152 valence electrons. The molecule has 2 aliphatic rings. The van der Waals surface area contributed by atoms with Crippen molar-refractivity contribution in [1.29, 1.82) is 0 Å². The maximum Gasteiger partial charge on any atom is 0.418 e. The molecule has 0 aromatic heterocycles. The molecule has 2 aliphatic heterocycles. The van der Waals surface area contributed by atoms with Gasteiger partial charge in [0.2, 0.25) is 6.41 Å². The minimum absolute atomic E-state index is 0.0251. The van der Waals surface area contributed by atoms with Crippen LogP contribution in [0.1, 0.15) is 19.3 Å². The molecule has 0 aromatic rings. The van der Waals surface area contributed by atoms with Crippen molar-refractivity contribution in [1.82, 2.24) is 26.1 Å². The van der Waals surface area contributed by atoms with Gasteiger partial charge in [-0.3, -0.25) is 29.8 Å². The Hall–Kier alpha value is -2.49. The minimum Gasteiger partial charge on any atom is -0.359 e. The van der Waals surface area contributed by atoms with Crippen molar-refractivity contribution < 1.29 is 36.4 Å². The van der Waals surface area contributed by atoms with Gasteiger partial charge >= 0.3 is 16.4 Å². The lowest BCUT2D eigenvalue weighted by Gasteiger charge is -2.29. The van der Waals surface area contributed by atoms with E-state index >= 15 is 0 Å². The van der Waals surface area contributed by atoms with Crippen LogP contribution in [-0.4, -0.2) is 78.4 Å². The molecule has 5 amide bonds. The van der Waals surface area contributed by atoms with Crippen LogP contribution in [0.2, 0.25) is 0 Å². The summed E-state index contributed by atoms with van der Waals surface area (Å²) in [6.45, 7) is 0.208. The number of carbonyl (C=O) groups excluding carboxylic acids is 4. The SMILES string of the molecule is NC(CCNC=O)C(=O)NNC(=O)C1CC[C@@H]2CN1C(=O)N2OS(=O)(=O)O. The molecule has 3 atom stereocenters. The predicted molar refractivity (Wildman–Crippen MR) is 86.3 cm³/mol. The Balaban J connectivity index is 1.88. The van der Waals surface area contributed by atoms with Crippen molar-refractivity contribution in [2.24, 2.45) is 5.73 Å². The van der Waals surface area contributed by atoms with Gasteiger partial charge in [-0.05, 0) is 19.3 Å². The summed E-state index contributed by atoms with van der Waals surface area (Å²) < 4.78 is 34.7. The van der Waals surface area contributed by atoms with Crippen LogP contribution < -0.4 is 21.9 Å². The third kappa shape index (κ3) is 5.25. The summed E-state index contributed by atoms with van der Waals surface area (Å²) in [6, 6.07) is -3.45. The summed E-state index contributed by atoms with van der Waals surface area (Å²) in [7, 11) is -4.88. The lowest BCUT2D eigenvalue weighted by Crippen LogP contribution is -2.56. The molecular weight excluding hydrogens is 388 g/mol. The molecule has 6 N–H and O–H groups in total. The first-order chi connectivity index (χ1) is 12.6. The lowest BCUT2D eigenvalue weighted by atomic mass is 10.0. The highest BCUT2D eigenvalue weighted by Gasteiger charge is 2.49. The number of nitrogens with one attached hydrogen (secondary N) is 3. The molecule has 2 fully saturated rings. The first-order valence-electron chi connectivity index (χ1n) is 7.93. The number of urea groups is 1. The monoisotopic (exact) mass is 408 g/mol. The van der Waals surface area contributed by atoms with Gasteiger partial charge in [0.1, 0.15) is 6.04 Å². The summed E-state index contributed by atoms with van der Waals surface area (Å²) in [6.07, 6.45) is 1.06. The summed E-state index contributed by atoms with van der Waals surface area (Å²) in [5.74, 6) is -1.38. The van der Waals surface area contributed by atoms with Gasteiger partial charge in [-0.1, -0.05) is 0 Å². The second kappa shape index (κ2) is 8.47. The lowest BCUT2D eigenvalue weighted by molar-refractivity contribution is -0.132. The standard InChI is InChI=1S/C12H20N6O8S/c13-8(3-4-14-6-19)10(20)15-16-11(21)9-2-1-7-5-17(9)12(22)18(7)26-27(23,24)25/h6-9H,1-5,13H2,(H,14,19)(H,15,20)(H,16,21)(H,23,24,25)/t7-,8?,9?/m1/s1. The van der Waals surface area contributed by atoms with E-state index in [9.17, 15) is 27.6 Å². The zero-order chi connectivity index (χ0) is 20.2. The molecule has 0 saturated carbocycles. The molecular formula is C12H20N6O8S. The summed E-state index contributed by atoms with van der Waals surface area (Å²) in [4.78, 5) is 47.5. The fourth-order valence-electron chi connectivity index (χ4n) is 2.83. The van der Waals surface area contributed by atoms with Gasteiger partial charge < -0.3 is 16.0 Å². The van der Waals surface area contributed by atoms with E-state index in [-0.39, 0.29) is 32.4 Å². The second-order valence-corrected chi connectivity index (χ2v) is 6.96. The van der Waals surface area contributed by atoms with E-state index in [0.717, 1.165) is 4.90 Å². The van der Waals surface area contributed by atoms with Crippen molar-refractivity contribution in [2.45, 2.75) is 37.4 Å². The van der Waals surface area contributed by atoms with E-state index in [0.29, 0.717) is 11.5 Å². The molecule has 2 rings (SSSR count). The molecule has 27 heavy (non-hydrogen) atoms. The molecule has 2 heterocycles. The molecule has 14 nitrogen and oxygen atoms in total. The molecule has 2 bridgehead atoms. The number of amides is 5. The molecule has 0 radical (unpaired) electrons. The summed E-state index contributed by atoms with van der Waals surface area (Å²) in [5, 5.41) is 2.86. The van der Waals surface area contributed by atoms with Gasteiger partial charge in [0.05, 0.1) is 12.1 Å². The third-order valence-corrected chi connectivity index (χ3v) is 4.48. The number of hydrogen-bond acceptors (Lipinski definition) is 8. The van der Waals surface area contributed by atoms with Crippen molar-refractivity contribution in [2.75, 3.05) is 13.1 Å². The zero-order valence-electron chi connectivity index (χ0n) is 14.0. The number of fused-ring (bicyclic) bond motifs is 2. The van der Waals surface area contributed by atoms with Crippen LogP contribution in [0, 0.1) is 0 Å². The Labute approximate surface area is 154 Å². The maximum absolute atomic E-state index is 12.3. The second-order valence-electron chi connectivity index (χ2n) is 5.96. The van der Waals surface area contributed by atoms with E-state index in [4.69, 9.17) is 10.3 Å². The number of hydroxylamine groups is 2. The van der Waals surface area contributed by atoms with Crippen LogP contribution in [0.3, 0.4) is 0 Å². The molecule has 0 spiro atoms. The molecule has 2 saturated heterocycles. The van der Waals surface area contributed by atoms with Crippen LogP contribution in [-0.2, 0) is 29.1 Å². The summed E-state index contributed by atoms with van der Waals surface area (Å²) >= 11 is 0. The van der Waals surface area contributed by atoms with Crippen LogP contribution in [0.25, 0.3) is 0 Å². The molecule has 0 aliphatic carbocycles. The predicted octanol–water partition coefficient (Wildman–Crippen LogP) is -3.40. The normalized spacial score (nSPS) is 23.0. The van der Waals surface area contributed by atoms with Crippen molar-refractivity contribution >= 4 is 34.7 Å². The van der Waals surface area contributed by atoms with Crippen LogP contribution >= 0.6 is 0 Å². The highest BCUT2D eigenvalue weighted by Crippen LogP contribution is 2.30. The number of nitrogens with zero attached hydrogens (tertiary/aromatic N) is 2. The Morgan fingerprint density at radius 1 is 1.37 bits per heavy atom. The number of hydrazine groups is 1. The first-order valence-corrected chi connectivity index (χ1v) is 9.29. The van der Waals surface area contributed by atoms with Gasteiger partial charge in [-0.25, -0.2) is 4.79 Å². The Bertz CT molecular complexity index is 715. The average Bonchev–Trinajstić information content (AvgIpc) is 2.83. The fourth-order valence-corrected chi connectivity index (χ4v) is 3.22. The largest absolute Gasteiger partial charge is 0.418 e. The van der Waals surface area contributed by atoms with Gasteiger partial charge in [-0.15, -0.1) is 4.28 Å². The van der Waals surface area contributed by atoms with Crippen LogP contribution in [0.5, 0.6) is 0 Å². The fraction of sp³-hybridized carbons (Fsp3) is 0.667. The van der Waals surface area contributed by atoms with E-state index in [1.165, 1.54) is 0 Å². The number of nitrogens with two attached hydrogens (primary N) is 1. The van der Waals surface area contributed by atoms with Crippen LogP contribution in [0.4, 0.5) is 4.79 Å². The molecule has 15 heteroatoms. The van der Waals surface area contributed by atoms with E-state index < -0.39 is 46.4 Å². The quantitative estimate of drug-likeness (QED) is 0.117. The Morgan fingerprint density at radius 3 is 2.70 bits per heavy atom. The molecule has 2 unspecified atom stereocenters. The van der Waals surface area contributed by atoms with Crippen LogP contribution in [0.15, 0.2) is 0 Å². The minimum atomic E-state index is -4.88. The number of carbonyl (C=O) groups is 4. The highest BCUT2D eigenvalue weighted by atomic mass is 32.3. The first kappa shape index (κ1) is 20.8. The van der Waals surface area contributed by atoms with E-state index in [1.54, 1.807) is 0 Å². The van der Waals surface area contributed by atoms with Crippen molar-refractivity contribution in [3.05, 3.63) is 0 Å². The topological polar surface area (TPSA) is 200 Å². The average molecular weight is 408 g/mol. The van der Waals surface area contributed by atoms with Crippen molar-refractivity contribution in [3.63, 3.8) is 0 Å². The number of piperidine rings is 1. The Kier molecular flexibility index (Phi) is 6.53. The molecule has 0 aromatic carbocycles. The third-order valence-electron chi connectivity index (χ3n) is 4.13. The van der Waals surface area contributed by atoms with Gasteiger partial charge in [0, 0.05) is 13.1 Å². The maximum atomic E-state index is 12.3. The number of rotatable bonds is 8. The van der Waals surface area contributed by atoms with Gasteiger partial charge in [0.15, 0.2) is 0 Å². The van der Waals surface area contributed by atoms with Gasteiger partial charge in [-0.2, -0.15) is 13.5 Å². The Morgan fingerprint density at radius 2 is 2.07 bits per heavy atom. The highest BCUT2D eigenvalue weighted by molar-refractivity contribution is 7.80. The number of hydrogen-bond donors (Lipinski definition) is 5.